The normalized spacial score (nSPS) is 13.6. The number of nitrogens with zero attached hydrogens (tertiary/aromatic N) is 1. The van der Waals surface area contributed by atoms with Crippen molar-refractivity contribution in [2.24, 2.45) is 0 Å². The number of amides is 1. The molecule has 1 aliphatic rings. The van der Waals surface area contributed by atoms with Gasteiger partial charge in [0.1, 0.15) is 0 Å². The van der Waals surface area contributed by atoms with E-state index >= 15 is 0 Å². The number of carbonyl (C=O) groups excluding carboxylic acids is 1. The highest BCUT2D eigenvalue weighted by Gasteiger charge is 2.25. The summed E-state index contributed by atoms with van der Waals surface area (Å²) in [5.74, 6) is 1.25. The molecule has 1 aliphatic heterocycles. The van der Waals surface area contributed by atoms with Gasteiger partial charge in [0, 0.05) is 46.7 Å². The Morgan fingerprint density at radius 1 is 1.21 bits per heavy atom. The topological polar surface area (TPSA) is 66.5 Å². The Kier molecular flexibility index (Phi) is 7.51. The molecule has 0 saturated carbocycles. The first-order chi connectivity index (χ1) is 13.8. The molecule has 0 radical (unpaired) electrons. The number of fused-ring (bicyclic) bond motifs is 1. The van der Waals surface area contributed by atoms with Crippen molar-refractivity contribution in [2.75, 3.05) is 23.7 Å². The van der Waals surface area contributed by atoms with Gasteiger partial charge in [-0.05, 0) is 47.9 Å². The van der Waals surface area contributed by atoms with E-state index in [9.17, 15) is 13.2 Å². The molecule has 9 heteroatoms. The largest absolute Gasteiger partial charge is 0.312 e. The Morgan fingerprint density at radius 3 is 2.62 bits per heavy atom. The molecule has 3 rings (SSSR count). The van der Waals surface area contributed by atoms with Gasteiger partial charge in [0.25, 0.3) is 0 Å². The van der Waals surface area contributed by atoms with Crippen molar-refractivity contribution in [3.63, 3.8) is 0 Å². The molecule has 0 unspecified atom stereocenters. The van der Waals surface area contributed by atoms with Gasteiger partial charge in [-0.1, -0.05) is 36.2 Å². The Bertz CT molecular complexity index is 993. The number of sulfonamides is 1. The number of anilines is 1. The summed E-state index contributed by atoms with van der Waals surface area (Å²) in [7, 11) is -3.61. The molecule has 2 aromatic rings. The second-order valence-electron chi connectivity index (χ2n) is 6.59. The predicted molar refractivity (Wildman–Crippen MR) is 121 cm³/mol. The highest BCUT2D eigenvalue weighted by molar-refractivity contribution is 7.98. The average Bonchev–Trinajstić information content (AvgIpc) is 3.12. The number of halogens is 2. The maximum atomic E-state index is 12.6. The number of benzene rings is 2. The lowest BCUT2D eigenvalue weighted by molar-refractivity contribution is -0.118. The van der Waals surface area contributed by atoms with E-state index in [-0.39, 0.29) is 10.8 Å². The third-order valence-electron chi connectivity index (χ3n) is 4.71. The van der Waals surface area contributed by atoms with Crippen LogP contribution in [0.2, 0.25) is 10.0 Å². The van der Waals surface area contributed by atoms with Crippen molar-refractivity contribution in [2.45, 2.75) is 30.4 Å². The molecule has 0 spiro atoms. The second kappa shape index (κ2) is 9.71. The molecule has 5 nitrogen and oxygen atoms in total. The van der Waals surface area contributed by atoms with Crippen LogP contribution in [0.5, 0.6) is 0 Å². The smallest absolute Gasteiger partial charge is 0.240 e. The van der Waals surface area contributed by atoms with E-state index in [1.165, 1.54) is 0 Å². The van der Waals surface area contributed by atoms with Crippen LogP contribution in [0, 0.1) is 0 Å². The van der Waals surface area contributed by atoms with Gasteiger partial charge in [0.05, 0.1) is 4.90 Å². The summed E-state index contributed by atoms with van der Waals surface area (Å²) in [6.45, 7) is 2.72. The van der Waals surface area contributed by atoms with Gasteiger partial charge in [-0.25, -0.2) is 13.1 Å². The highest BCUT2D eigenvalue weighted by Crippen LogP contribution is 2.31. The zero-order valence-corrected chi connectivity index (χ0v) is 19.1. The summed E-state index contributed by atoms with van der Waals surface area (Å²) in [5.41, 5.74) is 2.55. The monoisotopic (exact) mass is 472 g/mol. The third kappa shape index (κ3) is 5.27. The average molecular weight is 473 g/mol. The Hall–Kier alpha value is -1.25. The summed E-state index contributed by atoms with van der Waals surface area (Å²) in [6, 6.07) is 10.3. The van der Waals surface area contributed by atoms with Crippen LogP contribution in [0.3, 0.4) is 0 Å². The molecule has 0 aromatic heterocycles. The van der Waals surface area contributed by atoms with Crippen LogP contribution in [0.15, 0.2) is 41.3 Å². The summed E-state index contributed by atoms with van der Waals surface area (Å²) in [4.78, 5) is 13.9. The van der Waals surface area contributed by atoms with Gasteiger partial charge in [-0.2, -0.15) is 11.8 Å². The van der Waals surface area contributed by atoms with Crippen molar-refractivity contribution in [1.82, 2.24) is 4.72 Å². The van der Waals surface area contributed by atoms with E-state index < -0.39 is 10.0 Å². The van der Waals surface area contributed by atoms with Crippen molar-refractivity contribution in [1.29, 1.82) is 0 Å². The lowest BCUT2D eigenvalue weighted by Crippen LogP contribution is -2.28. The molecule has 0 fully saturated rings. The predicted octanol–water partition coefficient (Wildman–Crippen LogP) is 4.50. The molecule has 1 heterocycles. The Morgan fingerprint density at radius 2 is 1.93 bits per heavy atom. The molecular weight excluding hydrogens is 451 g/mol. The van der Waals surface area contributed by atoms with Crippen LogP contribution in [-0.4, -0.2) is 33.2 Å². The first kappa shape index (κ1) is 22.4. The van der Waals surface area contributed by atoms with Gasteiger partial charge in [0.15, 0.2) is 0 Å². The maximum absolute atomic E-state index is 12.6. The standard InChI is InChI=1S/C20H22Cl2N2O3S2/c1-2-20(25)24-10-8-14-12-15(6-7-19(14)24)29(26,27)23-9-11-28-13-16-17(21)4-3-5-18(16)22/h3-7,12,23H,2,8-11,13H2,1H3. The zero-order valence-electron chi connectivity index (χ0n) is 16.0. The summed E-state index contributed by atoms with van der Waals surface area (Å²) in [6.07, 6.45) is 1.09. The molecule has 2 aromatic carbocycles. The molecule has 0 aliphatic carbocycles. The summed E-state index contributed by atoms with van der Waals surface area (Å²) in [5, 5.41) is 1.22. The van der Waals surface area contributed by atoms with Gasteiger partial charge < -0.3 is 4.90 Å². The highest BCUT2D eigenvalue weighted by atomic mass is 35.5. The number of thioether (sulfide) groups is 1. The molecule has 29 heavy (non-hydrogen) atoms. The lowest BCUT2D eigenvalue weighted by atomic mass is 10.2. The third-order valence-corrected chi connectivity index (χ3v) is 7.86. The molecule has 1 N–H and O–H groups in total. The van der Waals surface area contributed by atoms with E-state index in [0.717, 1.165) is 16.8 Å². The number of hydrogen-bond acceptors (Lipinski definition) is 4. The lowest BCUT2D eigenvalue weighted by Gasteiger charge is -2.16. The minimum absolute atomic E-state index is 0.0492. The Labute approximate surface area is 185 Å². The number of rotatable bonds is 8. The quantitative estimate of drug-likeness (QED) is 0.574. The van der Waals surface area contributed by atoms with E-state index in [2.05, 4.69) is 4.72 Å². The van der Waals surface area contributed by atoms with Crippen LogP contribution in [0.1, 0.15) is 24.5 Å². The van der Waals surface area contributed by atoms with Crippen LogP contribution in [0.25, 0.3) is 0 Å². The molecule has 0 saturated heterocycles. The van der Waals surface area contributed by atoms with Gasteiger partial charge in [0.2, 0.25) is 15.9 Å². The second-order valence-corrected chi connectivity index (χ2v) is 10.3. The van der Waals surface area contributed by atoms with E-state index in [4.69, 9.17) is 23.2 Å². The van der Waals surface area contributed by atoms with Crippen LogP contribution < -0.4 is 9.62 Å². The number of carbonyl (C=O) groups is 1. The van der Waals surface area contributed by atoms with Crippen LogP contribution >= 0.6 is 35.0 Å². The fraction of sp³-hybridized carbons (Fsp3) is 0.350. The Balaban J connectivity index is 1.56. The summed E-state index contributed by atoms with van der Waals surface area (Å²) >= 11 is 13.8. The first-order valence-corrected chi connectivity index (χ1v) is 12.7. The fourth-order valence-corrected chi connectivity index (χ4v) is 5.98. The van der Waals surface area contributed by atoms with E-state index in [1.807, 2.05) is 6.92 Å². The molecule has 0 atom stereocenters. The van der Waals surface area contributed by atoms with Gasteiger partial charge in [-0.15, -0.1) is 0 Å². The van der Waals surface area contributed by atoms with Crippen LogP contribution in [-0.2, 0) is 27.0 Å². The van der Waals surface area contributed by atoms with Gasteiger partial charge in [-0.3, -0.25) is 4.79 Å². The minimum atomic E-state index is -3.61. The summed E-state index contributed by atoms with van der Waals surface area (Å²) < 4.78 is 27.8. The maximum Gasteiger partial charge on any atom is 0.240 e. The van der Waals surface area contributed by atoms with Crippen molar-refractivity contribution >= 4 is 56.6 Å². The number of hydrogen-bond donors (Lipinski definition) is 1. The first-order valence-electron chi connectivity index (χ1n) is 9.27. The molecular formula is C20H22Cl2N2O3S2. The molecule has 156 valence electrons. The van der Waals surface area contributed by atoms with Crippen molar-refractivity contribution < 1.29 is 13.2 Å². The zero-order chi connectivity index (χ0) is 21.0. The van der Waals surface area contributed by atoms with E-state index in [1.54, 1.807) is 53.1 Å². The number of nitrogens with one attached hydrogen (secondary N) is 1. The van der Waals surface area contributed by atoms with E-state index in [0.29, 0.717) is 47.5 Å². The van der Waals surface area contributed by atoms with Crippen LogP contribution in [0.4, 0.5) is 5.69 Å². The molecule has 1 amide bonds. The van der Waals surface area contributed by atoms with Gasteiger partial charge >= 0.3 is 0 Å². The fourth-order valence-electron chi connectivity index (χ4n) is 3.17. The molecule has 0 bridgehead atoms. The SMILES string of the molecule is CCC(=O)N1CCc2cc(S(=O)(=O)NCCSCc3c(Cl)cccc3Cl)ccc21. The minimum Gasteiger partial charge on any atom is -0.312 e. The van der Waals surface area contributed by atoms with Crippen molar-refractivity contribution in [3.05, 3.63) is 57.6 Å². The van der Waals surface area contributed by atoms with Crippen molar-refractivity contribution in [3.8, 4) is 0 Å².